The van der Waals surface area contributed by atoms with E-state index in [4.69, 9.17) is 92.1 Å². The van der Waals surface area contributed by atoms with Crippen LogP contribution in [0, 0.1) is 0 Å². The fourth-order valence-electron chi connectivity index (χ4n) is 0.225. The molecule has 0 bridgehead atoms. The van der Waals surface area contributed by atoms with Crippen molar-refractivity contribution in [1.82, 2.24) is 0 Å². The third-order valence-electron chi connectivity index (χ3n) is 0.749. The molecule has 16 heteroatoms. The van der Waals surface area contributed by atoms with Crippen LogP contribution < -0.4 is 0 Å². The molecular weight excluding hydrogens is 490 g/mol. The van der Waals surface area contributed by atoms with Gasteiger partial charge in [0.15, 0.2) is 14.9 Å². The normalized spacial score (nSPS) is 17.6. The molecule has 18 heavy (non-hydrogen) atoms. The second kappa shape index (κ2) is 9.97. The van der Waals surface area contributed by atoms with Crippen LogP contribution in [0.4, 0.5) is 0 Å². The molecule has 0 fully saturated rings. The molecule has 106 valence electrons. The van der Waals surface area contributed by atoms with Crippen molar-refractivity contribution >= 4 is 129 Å². The van der Waals surface area contributed by atoms with Gasteiger partial charge < -0.3 is 0 Å². The van der Waals surface area contributed by atoms with Gasteiger partial charge in [-0.25, -0.2) is 0 Å². The summed E-state index contributed by atoms with van der Waals surface area (Å²) in [6.07, 6.45) is 0. The van der Waals surface area contributed by atoms with E-state index in [2.05, 4.69) is 18.8 Å². The van der Waals surface area contributed by atoms with Crippen LogP contribution in [0.5, 0.6) is 0 Å². The Morgan fingerprint density at radius 1 is 0.667 bits per heavy atom. The predicted octanol–water partition coefficient (Wildman–Crippen LogP) is 8.86. The fraction of sp³-hybridized carbons (Fsp3) is 1.00. The molecule has 0 aromatic rings. The molecule has 0 aromatic carbocycles. The molecule has 0 aliphatic heterocycles. The smallest absolute Gasteiger partial charge is 0.136 e. The van der Waals surface area contributed by atoms with Crippen molar-refractivity contribution < 1.29 is 0 Å². The first-order valence-electron chi connectivity index (χ1n) is 3.25. The molecule has 2 atom stereocenters. The molecule has 0 N–H and O–H groups in total. The minimum atomic E-state index is -1.74. The number of alkyl halides is 6. The van der Waals surface area contributed by atoms with E-state index < -0.39 is 21.9 Å². The van der Waals surface area contributed by atoms with Gasteiger partial charge in [0.05, 0.1) is 22.0 Å². The highest BCUT2D eigenvalue weighted by atomic mass is 35.7. The van der Waals surface area contributed by atoms with Crippen LogP contribution >= 0.6 is 129 Å². The summed E-state index contributed by atoms with van der Waals surface area (Å²) in [4.78, 5) is 7.11. The highest BCUT2D eigenvalue weighted by Gasteiger charge is 2.32. The van der Waals surface area contributed by atoms with Gasteiger partial charge in [-0.15, -0.1) is 18.8 Å². The molecule has 0 radical (unpaired) electrons. The Kier molecular flexibility index (Phi) is 11.7. The van der Waals surface area contributed by atoms with E-state index >= 15 is 0 Å². The molecule has 0 spiro atoms. The van der Waals surface area contributed by atoms with Gasteiger partial charge in [0, 0.05) is 0 Å². The van der Waals surface area contributed by atoms with E-state index in [0.29, 0.717) is 0 Å². The fourth-order valence-corrected chi connectivity index (χ4v) is 3.06. The maximum absolute atomic E-state index is 5.64. The third kappa shape index (κ3) is 10.8. The van der Waals surface area contributed by atoms with Crippen LogP contribution in [0.1, 0.15) is 0 Å². The SMILES string of the molecule is ClP(/N=N/SS/N=N/P(Cl)C(Cl)(Cl)Cl)C(Cl)(Cl)Cl. The van der Waals surface area contributed by atoms with Gasteiger partial charge in [-0.3, -0.25) is 0 Å². The van der Waals surface area contributed by atoms with Gasteiger partial charge in [0.1, 0.15) is 0 Å². The van der Waals surface area contributed by atoms with E-state index in [1.54, 1.807) is 0 Å². The molecular formula is C2Cl8N4P2S2. The lowest BCUT2D eigenvalue weighted by molar-refractivity contribution is 1.48. The largest absolute Gasteiger partial charge is 0.245 e. The molecule has 0 aromatic heterocycles. The zero-order valence-corrected chi connectivity index (χ0v) is 17.0. The van der Waals surface area contributed by atoms with Crippen LogP contribution in [0.2, 0.25) is 0 Å². The van der Waals surface area contributed by atoms with Crippen LogP contribution in [0.3, 0.4) is 0 Å². The average Bonchev–Trinajstić information content (AvgIpc) is 2.19. The lowest BCUT2D eigenvalue weighted by Gasteiger charge is -2.10. The maximum atomic E-state index is 5.64. The van der Waals surface area contributed by atoms with Crippen LogP contribution in [-0.4, -0.2) is 7.07 Å². The number of hydrogen-bond acceptors (Lipinski definition) is 6. The van der Waals surface area contributed by atoms with Crippen molar-refractivity contribution in [1.29, 1.82) is 0 Å². The molecule has 0 amide bonds. The summed E-state index contributed by atoms with van der Waals surface area (Å²) in [6, 6.07) is 0. The topological polar surface area (TPSA) is 49.4 Å². The van der Waals surface area contributed by atoms with E-state index in [0.717, 1.165) is 22.0 Å². The molecule has 2 unspecified atom stereocenters. The van der Waals surface area contributed by atoms with Gasteiger partial charge in [-0.05, 0) is 0 Å². The van der Waals surface area contributed by atoms with E-state index in [9.17, 15) is 0 Å². The summed E-state index contributed by atoms with van der Waals surface area (Å²) in [5, 5.41) is 0. The van der Waals surface area contributed by atoms with Crippen molar-refractivity contribution in [2.75, 3.05) is 0 Å². The summed E-state index contributed by atoms with van der Waals surface area (Å²) in [5.74, 6) is 0. The van der Waals surface area contributed by atoms with Gasteiger partial charge in [0.2, 0.25) is 7.07 Å². The van der Waals surface area contributed by atoms with Gasteiger partial charge >= 0.3 is 0 Å². The van der Waals surface area contributed by atoms with Gasteiger partial charge in [-0.2, -0.15) is 0 Å². The summed E-state index contributed by atoms with van der Waals surface area (Å²) in [5.41, 5.74) is 0. The van der Waals surface area contributed by atoms with Crippen LogP contribution in [0.25, 0.3) is 0 Å². The van der Waals surface area contributed by atoms with Crippen molar-refractivity contribution in [3.63, 3.8) is 0 Å². The molecule has 0 saturated carbocycles. The Balaban J connectivity index is 3.94. The second-order valence-electron chi connectivity index (χ2n) is 1.95. The minimum absolute atomic E-state index is 0.843. The number of rotatable bonds is 5. The van der Waals surface area contributed by atoms with E-state index in [1.807, 2.05) is 0 Å². The number of nitrogens with zero attached hydrogens (tertiary/aromatic N) is 4. The van der Waals surface area contributed by atoms with Crippen LogP contribution in [-0.2, 0) is 0 Å². The third-order valence-corrected chi connectivity index (χ3v) is 9.65. The van der Waals surface area contributed by atoms with Crippen LogP contribution in [0.15, 0.2) is 18.8 Å². The van der Waals surface area contributed by atoms with Crippen molar-refractivity contribution in [2.45, 2.75) is 7.07 Å². The summed E-state index contributed by atoms with van der Waals surface area (Å²) in [6.45, 7) is 0. The van der Waals surface area contributed by atoms with Gasteiger partial charge in [0.25, 0.3) is 0 Å². The first kappa shape index (κ1) is 21.1. The molecule has 0 aliphatic carbocycles. The lowest BCUT2D eigenvalue weighted by atomic mass is 11.8. The van der Waals surface area contributed by atoms with Crippen molar-refractivity contribution in [3.8, 4) is 0 Å². The number of hydrogen-bond donors (Lipinski definition) is 0. The summed E-state index contributed by atoms with van der Waals surface area (Å²) >= 11 is 44.1. The highest BCUT2D eigenvalue weighted by molar-refractivity contribution is 8.75. The Morgan fingerprint density at radius 3 is 1.17 bits per heavy atom. The molecule has 4 nitrogen and oxygen atoms in total. The van der Waals surface area contributed by atoms with Crippen molar-refractivity contribution in [3.05, 3.63) is 0 Å². The Bertz CT molecular complexity index is 274. The standard InChI is InChI=1S/C2Cl8N4P2S2/c3-1(4,5)15(9)11-13-17-18-14-12-16(10)2(6,7)8/b13-11+,14-12+. The minimum Gasteiger partial charge on any atom is -0.136 e. The summed E-state index contributed by atoms with van der Waals surface area (Å²) < 4.78 is 3.77. The number of halogens is 8. The van der Waals surface area contributed by atoms with Crippen molar-refractivity contribution in [2.24, 2.45) is 18.8 Å². The molecule has 0 heterocycles. The highest BCUT2D eigenvalue weighted by Crippen LogP contribution is 2.64. The Labute approximate surface area is 153 Å². The monoisotopic (exact) mass is 486 g/mol. The molecule has 0 aliphatic rings. The van der Waals surface area contributed by atoms with E-state index in [-0.39, 0.29) is 0 Å². The first-order valence-corrected chi connectivity index (χ1v) is 12.0. The summed E-state index contributed by atoms with van der Waals surface area (Å²) in [7, 11) is -1.79. The van der Waals surface area contributed by atoms with Gasteiger partial charge in [-0.1, -0.05) is 92.1 Å². The average molecular weight is 490 g/mol. The second-order valence-corrected chi connectivity index (χ2v) is 14.3. The lowest BCUT2D eigenvalue weighted by Crippen LogP contribution is -1.91. The Morgan fingerprint density at radius 2 is 0.944 bits per heavy atom. The maximum Gasteiger partial charge on any atom is 0.245 e. The quantitative estimate of drug-likeness (QED) is 0.0967. The van der Waals surface area contributed by atoms with E-state index in [1.165, 1.54) is 0 Å². The molecule has 0 saturated heterocycles. The first-order chi connectivity index (χ1) is 8.05. The zero-order chi connectivity index (χ0) is 14.4. The molecule has 0 rings (SSSR count). The predicted molar refractivity (Wildman–Crippen MR) is 91.0 cm³/mol. The zero-order valence-electron chi connectivity index (χ0n) is 7.52. The Hall–Kier alpha value is 3.08.